The van der Waals surface area contributed by atoms with Crippen LogP contribution in [0.1, 0.15) is 40.1 Å². The number of nitrogens with one attached hydrogen (secondary N) is 2. The number of aryl methyl sites for hydroxylation is 1. The molecule has 0 aromatic carbocycles. The number of hydrogen-bond acceptors (Lipinski definition) is 8. The van der Waals surface area contributed by atoms with Crippen LogP contribution in [0.4, 0.5) is 22.3 Å². The highest BCUT2D eigenvalue weighted by atomic mass is 32.1. The van der Waals surface area contributed by atoms with Crippen molar-refractivity contribution >= 4 is 39.6 Å². The van der Waals surface area contributed by atoms with Gasteiger partial charge in [-0.2, -0.15) is 5.10 Å². The molecule has 0 aliphatic heterocycles. The summed E-state index contributed by atoms with van der Waals surface area (Å²) in [7, 11) is 0. The Hall–Kier alpha value is -2.46. The van der Waals surface area contributed by atoms with Crippen molar-refractivity contribution in [1.82, 2.24) is 15.6 Å². The average Bonchev–Trinajstić information content (AvgIpc) is 2.95. The first kappa shape index (κ1) is 15.4. The van der Waals surface area contributed by atoms with Crippen LogP contribution in [0.2, 0.25) is 0 Å². The van der Waals surface area contributed by atoms with Gasteiger partial charge in [0.25, 0.3) is 5.91 Å². The Morgan fingerprint density at radius 3 is 2.70 bits per heavy atom. The third kappa shape index (κ3) is 2.90. The maximum Gasteiger partial charge on any atom is 0.268 e. The summed E-state index contributed by atoms with van der Waals surface area (Å²) in [5.74, 6) is 5.36. The van der Waals surface area contributed by atoms with Gasteiger partial charge in [0.15, 0.2) is 16.5 Å². The maximum atomic E-state index is 12.2. The standard InChI is InChI=1S/C13H18N8OS/c14-10-9(11(15)20-19-10)18-21-13-8(12(22)17-16)6-4-2-1-3-5-7(6)23-13/h1-5,16H2,(H,17,22)(H5,14,15,19,20). The van der Waals surface area contributed by atoms with Crippen molar-refractivity contribution in [2.75, 3.05) is 11.5 Å². The number of carbonyl (C=O) groups excluding carboxylic acids is 1. The Morgan fingerprint density at radius 2 is 2.00 bits per heavy atom. The van der Waals surface area contributed by atoms with Crippen molar-refractivity contribution in [3.8, 4) is 0 Å². The molecule has 8 N–H and O–H groups in total. The Balaban J connectivity index is 2.03. The summed E-state index contributed by atoms with van der Waals surface area (Å²) in [5, 5.41) is 15.0. The number of rotatable bonds is 3. The molecule has 1 amide bonds. The van der Waals surface area contributed by atoms with Crippen molar-refractivity contribution in [3.63, 3.8) is 0 Å². The lowest BCUT2D eigenvalue weighted by Crippen LogP contribution is -2.30. The summed E-state index contributed by atoms with van der Waals surface area (Å²) >= 11 is 1.46. The molecule has 2 aromatic rings. The van der Waals surface area contributed by atoms with Crippen LogP contribution in [-0.4, -0.2) is 16.1 Å². The molecule has 2 heterocycles. The number of nitrogen functional groups attached to an aromatic ring is 3. The van der Waals surface area contributed by atoms with Gasteiger partial charge in [0, 0.05) is 4.88 Å². The number of azo groups is 1. The largest absolute Gasteiger partial charge is 0.382 e. The number of aromatic amines is 1. The molecule has 10 heteroatoms. The van der Waals surface area contributed by atoms with Crippen molar-refractivity contribution in [2.45, 2.75) is 32.1 Å². The quantitative estimate of drug-likeness (QED) is 0.190. The van der Waals surface area contributed by atoms with Crippen molar-refractivity contribution in [3.05, 3.63) is 16.0 Å². The Morgan fingerprint density at radius 1 is 1.22 bits per heavy atom. The number of anilines is 2. The van der Waals surface area contributed by atoms with E-state index in [1.165, 1.54) is 16.2 Å². The number of nitrogens with zero attached hydrogens (tertiary/aromatic N) is 3. The molecule has 0 spiro atoms. The van der Waals surface area contributed by atoms with E-state index in [2.05, 4.69) is 25.9 Å². The number of aromatic nitrogens is 2. The zero-order valence-electron chi connectivity index (χ0n) is 12.4. The second-order valence-electron chi connectivity index (χ2n) is 5.29. The van der Waals surface area contributed by atoms with E-state index in [9.17, 15) is 4.79 Å². The van der Waals surface area contributed by atoms with E-state index >= 15 is 0 Å². The molecule has 2 aromatic heterocycles. The molecular weight excluding hydrogens is 316 g/mol. The molecule has 0 saturated carbocycles. The monoisotopic (exact) mass is 334 g/mol. The third-order valence-corrected chi connectivity index (χ3v) is 4.97. The SMILES string of the molecule is NNC(=O)c1c(N=Nc2c(N)n[nH]c2N)sc2c1CCCCC2. The first-order valence-electron chi connectivity index (χ1n) is 7.28. The minimum atomic E-state index is -0.355. The van der Waals surface area contributed by atoms with Gasteiger partial charge in [0.2, 0.25) is 0 Å². The van der Waals surface area contributed by atoms with Gasteiger partial charge in [-0.3, -0.25) is 15.3 Å². The number of hydrogen-bond donors (Lipinski definition) is 5. The predicted octanol–water partition coefficient (Wildman–Crippen LogP) is 1.92. The second kappa shape index (κ2) is 6.34. The highest BCUT2D eigenvalue weighted by molar-refractivity contribution is 7.16. The fourth-order valence-corrected chi connectivity index (χ4v) is 3.88. The molecule has 3 rings (SSSR count). The third-order valence-electron chi connectivity index (χ3n) is 3.80. The van der Waals surface area contributed by atoms with E-state index in [1.807, 2.05) is 0 Å². The highest BCUT2D eigenvalue weighted by Gasteiger charge is 2.24. The smallest absolute Gasteiger partial charge is 0.268 e. The van der Waals surface area contributed by atoms with Crippen LogP contribution in [-0.2, 0) is 12.8 Å². The van der Waals surface area contributed by atoms with Crippen molar-refractivity contribution in [2.24, 2.45) is 16.1 Å². The van der Waals surface area contributed by atoms with Crippen molar-refractivity contribution < 1.29 is 4.79 Å². The molecule has 1 aliphatic carbocycles. The molecule has 0 saturated heterocycles. The fraction of sp³-hybridized carbons (Fsp3) is 0.385. The van der Waals surface area contributed by atoms with Gasteiger partial charge in [-0.1, -0.05) is 6.42 Å². The van der Waals surface area contributed by atoms with E-state index in [0.717, 1.165) is 37.7 Å². The summed E-state index contributed by atoms with van der Waals surface area (Å²) in [5.41, 5.74) is 15.4. The second-order valence-corrected chi connectivity index (χ2v) is 6.37. The Labute approximate surface area is 136 Å². The molecule has 0 bridgehead atoms. The van der Waals surface area contributed by atoms with Gasteiger partial charge in [0.1, 0.15) is 5.82 Å². The number of H-pyrrole nitrogens is 1. The summed E-state index contributed by atoms with van der Waals surface area (Å²) in [4.78, 5) is 13.3. The van der Waals surface area contributed by atoms with Crippen LogP contribution >= 0.6 is 11.3 Å². The fourth-order valence-electron chi connectivity index (χ4n) is 2.67. The van der Waals surface area contributed by atoms with E-state index < -0.39 is 0 Å². The summed E-state index contributed by atoms with van der Waals surface area (Å²) in [6, 6.07) is 0. The highest BCUT2D eigenvalue weighted by Crippen LogP contribution is 2.40. The van der Waals surface area contributed by atoms with Crippen LogP contribution in [0.15, 0.2) is 10.2 Å². The summed E-state index contributed by atoms with van der Waals surface area (Å²) in [6.07, 6.45) is 5.10. The predicted molar refractivity (Wildman–Crippen MR) is 88.8 cm³/mol. The van der Waals surface area contributed by atoms with Gasteiger partial charge in [-0.25, -0.2) is 5.84 Å². The van der Waals surface area contributed by atoms with E-state index in [4.69, 9.17) is 17.3 Å². The number of carbonyl (C=O) groups is 1. The van der Waals surface area contributed by atoms with Crippen LogP contribution in [0.5, 0.6) is 0 Å². The molecule has 122 valence electrons. The number of fused-ring (bicyclic) bond motifs is 1. The van der Waals surface area contributed by atoms with Crippen molar-refractivity contribution in [1.29, 1.82) is 0 Å². The zero-order chi connectivity index (χ0) is 16.4. The minimum absolute atomic E-state index is 0.161. The first-order chi connectivity index (χ1) is 11.1. The molecule has 0 unspecified atom stereocenters. The topological polar surface area (TPSA) is 161 Å². The lowest BCUT2D eigenvalue weighted by Gasteiger charge is -2.03. The zero-order valence-corrected chi connectivity index (χ0v) is 13.2. The molecule has 23 heavy (non-hydrogen) atoms. The molecule has 0 fully saturated rings. The average molecular weight is 334 g/mol. The maximum absolute atomic E-state index is 12.2. The normalized spacial score (nSPS) is 14.7. The molecular formula is C13H18N8OS. The first-order valence-corrected chi connectivity index (χ1v) is 8.10. The number of hydrazine groups is 1. The Kier molecular flexibility index (Phi) is 4.26. The Bertz CT molecular complexity index is 743. The summed E-state index contributed by atoms with van der Waals surface area (Å²) < 4.78 is 0. The van der Waals surface area contributed by atoms with E-state index in [1.54, 1.807) is 0 Å². The van der Waals surface area contributed by atoms with Crippen LogP contribution in [0.25, 0.3) is 0 Å². The molecule has 1 aliphatic rings. The van der Waals surface area contributed by atoms with Crippen LogP contribution < -0.4 is 22.7 Å². The lowest BCUT2D eigenvalue weighted by atomic mass is 10.1. The van der Waals surface area contributed by atoms with Gasteiger partial charge in [-0.15, -0.1) is 21.6 Å². The number of nitrogens with two attached hydrogens (primary N) is 3. The van der Waals surface area contributed by atoms with Gasteiger partial charge in [0.05, 0.1) is 5.56 Å². The van der Waals surface area contributed by atoms with Crippen LogP contribution in [0, 0.1) is 0 Å². The molecule has 9 nitrogen and oxygen atoms in total. The minimum Gasteiger partial charge on any atom is -0.382 e. The van der Waals surface area contributed by atoms with Gasteiger partial charge < -0.3 is 11.5 Å². The van der Waals surface area contributed by atoms with Gasteiger partial charge in [-0.05, 0) is 31.2 Å². The lowest BCUT2D eigenvalue weighted by molar-refractivity contribution is 0.0953. The molecule has 0 radical (unpaired) electrons. The van der Waals surface area contributed by atoms with E-state index in [-0.39, 0.29) is 23.2 Å². The number of thiophene rings is 1. The molecule has 0 atom stereocenters. The summed E-state index contributed by atoms with van der Waals surface area (Å²) in [6.45, 7) is 0. The van der Waals surface area contributed by atoms with Crippen LogP contribution in [0.3, 0.4) is 0 Å². The number of amides is 1. The van der Waals surface area contributed by atoms with Gasteiger partial charge >= 0.3 is 0 Å². The van der Waals surface area contributed by atoms with E-state index in [0.29, 0.717) is 10.6 Å².